The lowest BCUT2D eigenvalue weighted by molar-refractivity contribution is -0.156. The van der Waals surface area contributed by atoms with E-state index in [1.165, 1.54) is 17.4 Å². The summed E-state index contributed by atoms with van der Waals surface area (Å²) < 4.78 is 7.87. The number of H-pyrrole nitrogens is 1. The van der Waals surface area contributed by atoms with E-state index in [0.29, 0.717) is 29.1 Å². The van der Waals surface area contributed by atoms with E-state index in [0.717, 1.165) is 36.6 Å². The van der Waals surface area contributed by atoms with E-state index in [9.17, 15) is 15.0 Å². The van der Waals surface area contributed by atoms with Crippen LogP contribution in [0.25, 0.3) is 5.65 Å². The number of nitrogens with zero attached hydrogens (tertiary/aromatic N) is 3. The summed E-state index contributed by atoms with van der Waals surface area (Å²) in [6, 6.07) is 5.38. The number of likely N-dealkylation sites (tertiary alicyclic amines) is 1. The van der Waals surface area contributed by atoms with Gasteiger partial charge in [-0.15, -0.1) is 0 Å². The molecule has 1 saturated carbocycles. The molecule has 3 N–H and O–H groups in total. The van der Waals surface area contributed by atoms with Gasteiger partial charge in [-0.1, -0.05) is 6.07 Å². The smallest absolute Gasteiger partial charge is 0.277 e. The number of aromatic amines is 1. The summed E-state index contributed by atoms with van der Waals surface area (Å²) in [5, 5.41) is 27.2. The first-order valence-electron chi connectivity index (χ1n) is 11.9. The van der Waals surface area contributed by atoms with Gasteiger partial charge >= 0.3 is 0 Å². The van der Waals surface area contributed by atoms with Crippen LogP contribution in [-0.4, -0.2) is 54.4 Å². The zero-order valence-corrected chi connectivity index (χ0v) is 18.8. The maximum absolute atomic E-state index is 13.1. The van der Waals surface area contributed by atoms with Crippen LogP contribution in [0.1, 0.15) is 54.7 Å². The highest BCUT2D eigenvalue weighted by molar-refractivity contribution is 5.62. The number of nitrogens with one attached hydrogen (secondary N) is 1. The molecule has 2 aliphatic heterocycles. The highest BCUT2D eigenvalue weighted by Gasteiger charge is 2.69. The first-order valence-corrected chi connectivity index (χ1v) is 11.9. The van der Waals surface area contributed by atoms with Gasteiger partial charge in [0, 0.05) is 29.8 Å². The zero-order chi connectivity index (χ0) is 22.7. The Kier molecular flexibility index (Phi) is 3.67. The Morgan fingerprint density at radius 2 is 2.12 bits per heavy atom. The molecule has 2 bridgehead atoms. The fourth-order valence-corrected chi connectivity index (χ4v) is 6.92. The van der Waals surface area contributed by atoms with Gasteiger partial charge in [-0.3, -0.25) is 9.69 Å². The molecule has 1 aromatic carbocycles. The molecule has 4 atom stereocenters. The minimum atomic E-state index is -1.10. The summed E-state index contributed by atoms with van der Waals surface area (Å²) in [5.74, 6) is 1.25. The summed E-state index contributed by atoms with van der Waals surface area (Å²) in [7, 11) is 0. The predicted octanol–water partition coefficient (Wildman–Crippen LogP) is 2.20. The minimum Gasteiger partial charge on any atom is -0.504 e. The Morgan fingerprint density at radius 1 is 1.30 bits per heavy atom. The lowest BCUT2D eigenvalue weighted by Gasteiger charge is -2.60. The number of phenols is 1. The first-order chi connectivity index (χ1) is 15.8. The highest BCUT2D eigenvalue weighted by atomic mass is 16.5. The second-order valence-electron chi connectivity index (χ2n) is 10.6. The predicted molar refractivity (Wildman–Crippen MR) is 121 cm³/mol. The number of phenolic OH excluding ortho intramolecular Hbond substituents is 1. The largest absolute Gasteiger partial charge is 0.504 e. The van der Waals surface area contributed by atoms with E-state index in [-0.39, 0.29) is 17.4 Å². The maximum atomic E-state index is 13.1. The Labute approximate surface area is 190 Å². The number of ether oxygens (including phenoxy) is 1. The quantitative estimate of drug-likeness (QED) is 0.568. The normalized spacial score (nSPS) is 32.7. The second-order valence-corrected chi connectivity index (χ2v) is 10.6. The van der Waals surface area contributed by atoms with Gasteiger partial charge in [0.05, 0.1) is 22.9 Å². The van der Waals surface area contributed by atoms with Gasteiger partial charge in [0.25, 0.3) is 5.56 Å². The van der Waals surface area contributed by atoms with Crippen LogP contribution in [0.5, 0.6) is 11.5 Å². The van der Waals surface area contributed by atoms with Crippen molar-refractivity contribution in [3.05, 3.63) is 57.1 Å². The zero-order valence-electron chi connectivity index (χ0n) is 18.8. The number of hydrogen-bond donors (Lipinski definition) is 3. The number of aromatic nitrogens is 3. The van der Waals surface area contributed by atoms with Crippen molar-refractivity contribution < 1.29 is 14.9 Å². The number of hydrogen-bond acceptors (Lipinski definition) is 6. The topological polar surface area (TPSA) is 103 Å². The molecular formula is C25H28N4O4. The Hall–Kier alpha value is -2.84. The molecule has 0 radical (unpaired) electrons. The van der Waals surface area contributed by atoms with Crippen LogP contribution in [0.2, 0.25) is 0 Å². The highest BCUT2D eigenvalue weighted by Crippen LogP contribution is 2.65. The van der Waals surface area contributed by atoms with Crippen LogP contribution >= 0.6 is 0 Å². The molecule has 1 spiro atoms. The summed E-state index contributed by atoms with van der Waals surface area (Å²) in [5.41, 5.74) is 1.68. The van der Waals surface area contributed by atoms with Crippen LogP contribution in [0.3, 0.4) is 0 Å². The van der Waals surface area contributed by atoms with Crippen molar-refractivity contribution >= 4 is 5.65 Å². The van der Waals surface area contributed by atoms with Crippen molar-refractivity contribution in [2.24, 2.45) is 5.92 Å². The van der Waals surface area contributed by atoms with Crippen molar-refractivity contribution in [1.82, 2.24) is 19.5 Å². The molecule has 0 amide bonds. The fourth-order valence-electron chi connectivity index (χ4n) is 6.92. The van der Waals surface area contributed by atoms with Crippen LogP contribution in [0.4, 0.5) is 0 Å². The average Bonchev–Trinajstić information content (AvgIpc) is 3.33. The lowest BCUT2D eigenvalue weighted by Crippen LogP contribution is -2.71. The molecule has 1 saturated heterocycles. The molecule has 33 heavy (non-hydrogen) atoms. The summed E-state index contributed by atoms with van der Waals surface area (Å²) in [6.07, 6.45) is 4.91. The molecule has 7 rings (SSSR count). The summed E-state index contributed by atoms with van der Waals surface area (Å²) in [4.78, 5) is 18.9. The number of fused-ring (bicyclic) bond motifs is 2. The molecule has 4 heterocycles. The van der Waals surface area contributed by atoms with Gasteiger partial charge in [0.2, 0.25) is 0 Å². The van der Waals surface area contributed by atoms with Crippen molar-refractivity contribution in [1.29, 1.82) is 0 Å². The number of benzene rings is 1. The van der Waals surface area contributed by atoms with Gasteiger partial charge in [-0.25, -0.2) is 0 Å². The van der Waals surface area contributed by atoms with E-state index >= 15 is 0 Å². The summed E-state index contributed by atoms with van der Waals surface area (Å²) >= 11 is 0. The third kappa shape index (κ3) is 2.33. The van der Waals surface area contributed by atoms with E-state index in [1.54, 1.807) is 25.3 Å². The Morgan fingerprint density at radius 3 is 2.91 bits per heavy atom. The number of piperidine rings is 1. The van der Waals surface area contributed by atoms with E-state index in [2.05, 4.69) is 15.0 Å². The summed E-state index contributed by atoms with van der Waals surface area (Å²) in [6.45, 7) is 5.57. The third-order valence-corrected chi connectivity index (χ3v) is 8.83. The molecule has 172 valence electrons. The van der Waals surface area contributed by atoms with E-state index in [4.69, 9.17) is 4.74 Å². The standard InChI is InChI=1S/C25H28N4O4/c1-13-20(27-18-7-9-26-29(18)23(13)31)22-25-8-10-28(12-14-3-4-14)17(24(25,2)32)11-15-5-6-16(30)21(33-22)19(15)25/h5-7,9,14,17,22,27,30,32H,3-4,8,10-12H2,1-2H3/t17-,22+,24-,25+/m1/s1. The number of aliphatic hydroxyl groups is 1. The van der Waals surface area contributed by atoms with Crippen molar-refractivity contribution in [3.63, 3.8) is 0 Å². The fraction of sp³-hybridized carbons (Fsp3) is 0.520. The van der Waals surface area contributed by atoms with Crippen LogP contribution in [-0.2, 0) is 11.8 Å². The Balaban J connectivity index is 1.47. The maximum Gasteiger partial charge on any atom is 0.277 e. The SMILES string of the molecule is Cc1c([C@@H]2Oc3c(O)ccc4c3[C@@]23CCN(CC2CC2)[C@H](C4)[C@@]3(C)O)[nH]c2ccnn2c1=O. The van der Waals surface area contributed by atoms with Gasteiger partial charge in [0.1, 0.15) is 5.65 Å². The van der Waals surface area contributed by atoms with Gasteiger partial charge in [-0.2, -0.15) is 9.61 Å². The molecular weight excluding hydrogens is 420 g/mol. The molecule has 2 fully saturated rings. The molecule has 8 heteroatoms. The molecule has 8 nitrogen and oxygen atoms in total. The second kappa shape index (κ2) is 6.18. The monoisotopic (exact) mass is 448 g/mol. The van der Waals surface area contributed by atoms with Crippen molar-refractivity contribution in [2.75, 3.05) is 13.1 Å². The molecule has 3 aromatic rings. The van der Waals surface area contributed by atoms with Crippen LogP contribution in [0, 0.1) is 12.8 Å². The Bertz CT molecular complexity index is 1370. The lowest BCUT2D eigenvalue weighted by atomic mass is 9.53. The van der Waals surface area contributed by atoms with Crippen molar-refractivity contribution in [3.8, 4) is 11.5 Å². The van der Waals surface area contributed by atoms with Crippen LogP contribution < -0.4 is 10.3 Å². The molecule has 2 aliphatic carbocycles. The van der Waals surface area contributed by atoms with Gasteiger partial charge < -0.3 is 19.9 Å². The van der Waals surface area contributed by atoms with E-state index < -0.39 is 17.1 Å². The molecule has 4 aliphatic rings. The van der Waals surface area contributed by atoms with Crippen molar-refractivity contribution in [2.45, 2.75) is 62.7 Å². The molecule has 2 aromatic heterocycles. The van der Waals surface area contributed by atoms with Gasteiger partial charge in [-0.05, 0) is 63.6 Å². The van der Waals surface area contributed by atoms with Gasteiger partial charge in [0.15, 0.2) is 17.6 Å². The number of rotatable bonds is 3. The minimum absolute atomic E-state index is 0.0494. The average molecular weight is 449 g/mol. The third-order valence-electron chi connectivity index (χ3n) is 8.83. The first kappa shape index (κ1) is 19.6. The van der Waals surface area contributed by atoms with Crippen LogP contribution in [0.15, 0.2) is 29.2 Å². The molecule has 0 unspecified atom stereocenters. The number of aromatic hydroxyl groups is 1. The van der Waals surface area contributed by atoms with E-state index in [1.807, 2.05) is 13.0 Å².